The van der Waals surface area contributed by atoms with Gasteiger partial charge in [-0.1, -0.05) is 33.8 Å². The molecule has 0 radical (unpaired) electrons. The summed E-state index contributed by atoms with van der Waals surface area (Å²) in [7, 11) is -3.03. The van der Waals surface area contributed by atoms with E-state index in [2.05, 4.69) is 39.4 Å². The Bertz CT molecular complexity index is 1590. The standard InChI is InChI=1S/C27H29F2N7O2S.C2H6/c1-26(2)17-9-11-27(26,24-16(17)14-20(33-34-24)23-18(28)6-4-7-19(23)29)21-10-12-30-25(32-21)36-15-31-22(35-36)8-5-13-39(3,37)38;1-2/h4,6-7,10,12,14,17H,5,8-9,11,13,15H2,1-3H3,(H,31,35);1-2H3/t17-,27-;/m0./s1. The maximum absolute atomic E-state index is 14.5. The molecule has 1 aliphatic heterocycles. The number of benzene rings is 1. The molecule has 2 aromatic heterocycles. The Morgan fingerprint density at radius 3 is 2.56 bits per heavy atom. The van der Waals surface area contributed by atoms with Crippen LogP contribution in [-0.2, 0) is 15.3 Å². The maximum atomic E-state index is 14.5. The number of nitrogens with zero attached hydrogens (tertiary/aromatic N) is 6. The van der Waals surface area contributed by atoms with E-state index in [9.17, 15) is 17.2 Å². The Balaban J connectivity index is 0.00000165. The van der Waals surface area contributed by atoms with Crippen LogP contribution in [0.3, 0.4) is 0 Å². The highest BCUT2D eigenvalue weighted by molar-refractivity contribution is 7.90. The van der Waals surface area contributed by atoms with Crippen molar-refractivity contribution < 1.29 is 17.2 Å². The minimum atomic E-state index is -3.03. The summed E-state index contributed by atoms with van der Waals surface area (Å²) >= 11 is 0. The zero-order valence-electron chi connectivity index (χ0n) is 23.9. The number of fused-ring (bicyclic) bond motifs is 5. The average molecular weight is 584 g/mol. The van der Waals surface area contributed by atoms with Crippen LogP contribution < -0.4 is 10.4 Å². The van der Waals surface area contributed by atoms with Crippen molar-refractivity contribution in [2.75, 3.05) is 23.7 Å². The summed E-state index contributed by atoms with van der Waals surface area (Å²) in [6.07, 6.45) is 5.63. The Hall–Kier alpha value is -3.54. The van der Waals surface area contributed by atoms with Crippen LogP contribution in [0, 0.1) is 17.0 Å². The highest BCUT2D eigenvalue weighted by Gasteiger charge is 2.65. The molecule has 1 fully saturated rings. The van der Waals surface area contributed by atoms with E-state index in [0.717, 1.165) is 29.8 Å². The summed E-state index contributed by atoms with van der Waals surface area (Å²) < 4.78 is 52.0. The van der Waals surface area contributed by atoms with E-state index < -0.39 is 26.9 Å². The van der Waals surface area contributed by atoms with Crippen LogP contribution in [0.2, 0.25) is 0 Å². The summed E-state index contributed by atoms with van der Waals surface area (Å²) in [4.78, 5) is 13.9. The molecule has 2 aliphatic carbocycles. The van der Waals surface area contributed by atoms with Gasteiger partial charge in [0.2, 0.25) is 5.95 Å². The first-order valence-electron chi connectivity index (χ1n) is 13.9. The highest BCUT2D eigenvalue weighted by atomic mass is 32.2. The molecule has 0 amide bonds. The number of anilines is 1. The lowest BCUT2D eigenvalue weighted by molar-refractivity contribution is 0.242. The second kappa shape index (κ2) is 10.7. The monoisotopic (exact) mass is 583 g/mol. The van der Waals surface area contributed by atoms with E-state index in [0.29, 0.717) is 31.3 Å². The van der Waals surface area contributed by atoms with Gasteiger partial charge in [0.15, 0.2) is 0 Å². The van der Waals surface area contributed by atoms with Gasteiger partial charge in [0.05, 0.1) is 33.8 Å². The predicted molar refractivity (Wildman–Crippen MR) is 154 cm³/mol. The second-order valence-corrected chi connectivity index (χ2v) is 13.4. The molecular weight excluding hydrogens is 548 g/mol. The summed E-state index contributed by atoms with van der Waals surface area (Å²) in [5.41, 5.74) is 4.96. The Kier molecular flexibility index (Phi) is 7.56. The van der Waals surface area contributed by atoms with Gasteiger partial charge in [-0.25, -0.2) is 37.2 Å². The van der Waals surface area contributed by atoms with Gasteiger partial charge in [-0.15, -0.1) is 5.10 Å². The van der Waals surface area contributed by atoms with Crippen molar-refractivity contribution in [2.24, 2.45) is 10.4 Å². The minimum absolute atomic E-state index is 0.101. The van der Waals surface area contributed by atoms with Crippen LogP contribution in [0.1, 0.15) is 76.2 Å². The van der Waals surface area contributed by atoms with Crippen LogP contribution in [-0.4, -0.2) is 53.1 Å². The molecule has 218 valence electrons. The number of amidine groups is 1. The fourth-order valence-electron chi connectivity index (χ4n) is 6.61. The first-order valence-corrected chi connectivity index (χ1v) is 16.0. The number of hydrogen-bond donors (Lipinski definition) is 1. The predicted octanol–water partition coefficient (Wildman–Crippen LogP) is 4.95. The average Bonchev–Trinajstić information content (AvgIpc) is 3.57. The van der Waals surface area contributed by atoms with Crippen LogP contribution in [0.5, 0.6) is 0 Å². The number of hydrogen-bond acceptors (Lipinski definition) is 9. The molecule has 1 aromatic carbocycles. The smallest absolute Gasteiger partial charge is 0.246 e. The lowest BCUT2D eigenvalue weighted by Crippen LogP contribution is -2.40. The molecule has 12 heteroatoms. The third-order valence-electron chi connectivity index (χ3n) is 8.52. The third-order valence-corrected chi connectivity index (χ3v) is 9.55. The van der Waals surface area contributed by atoms with E-state index in [1.54, 1.807) is 17.3 Å². The van der Waals surface area contributed by atoms with Crippen molar-refractivity contribution in [2.45, 2.75) is 64.7 Å². The van der Waals surface area contributed by atoms with Gasteiger partial charge in [0.1, 0.15) is 34.0 Å². The largest absolute Gasteiger partial charge is 0.281 e. The lowest BCUT2D eigenvalue weighted by Gasteiger charge is -2.37. The van der Waals surface area contributed by atoms with Crippen molar-refractivity contribution >= 4 is 21.6 Å². The molecule has 3 heterocycles. The normalized spacial score (nSPS) is 22.1. The van der Waals surface area contributed by atoms with E-state index in [-0.39, 0.29) is 28.3 Å². The number of aromatic nitrogens is 4. The zero-order chi connectivity index (χ0) is 29.6. The molecule has 0 spiro atoms. The fraction of sp³-hybridized carbons (Fsp3) is 0.483. The lowest BCUT2D eigenvalue weighted by atomic mass is 9.66. The molecule has 2 atom stereocenters. The Labute approximate surface area is 239 Å². The Morgan fingerprint density at radius 2 is 1.85 bits per heavy atom. The zero-order valence-corrected chi connectivity index (χ0v) is 24.8. The number of aliphatic imine (C=N–C) groups is 1. The molecule has 1 N–H and O–H groups in total. The Morgan fingerprint density at radius 1 is 1.12 bits per heavy atom. The first-order chi connectivity index (χ1) is 19.5. The van der Waals surface area contributed by atoms with Crippen molar-refractivity contribution in [1.29, 1.82) is 0 Å². The highest BCUT2D eigenvalue weighted by Crippen LogP contribution is 2.69. The molecule has 0 unspecified atom stereocenters. The van der Waals surface area contributed by atoms with Crippen LogP contribution in [0.15, 0.2) is 41.5 Å². The van der Waals surface area contributed by atoms with E-state index in [1.807, 2.05) is 19.9 Å². The molecule has 41 heavy (non-hydrogen) atoms. The minimum Gasteiger partial charge on any atom is -0.281 e. The van der Waals surface area contributed by atoms with Gasteiger partial charge in [-0.05, 0) is 60.4 Å². The molecule has 2 bridgehead atoms. The van der Waals surface area contributed by atoms with Crippen LogP contribution in [0.25, 0.3) is 11.3 Å². The second-order valence-electron chi connectivity index (χ2n) is 11.1. The molecule has 3 aliphatic rings. The van der Waals surface area contributed by atoms with E-state index >= 15 is 0 Å². The number of sulfone groups is 1. The van der Waals surface area contributed by atoms with Gasteiger partial charge in [0, 0.05) is 18.9 Å². The van der Waals surface area contributed by atoms with Crippen LogP contribution >= 0.6 is 0 Å². The van der Waals surface area contributed by atoms with Crippen molar-refractivity contribution in [3.05, 3.63) is 65.1 Å². The molecule has 1 saturated carbocycles. The first kappa shape index (κ1) is 29.0. The van der Waals surface area contributed by atoms with Gasteiger partial charge in [-0.3, -0.25) is 5.43 Å². The van der Waals surface area contributed by atoms with Gasteiger partial charge in [-0.2, -0.15) is 5.10 Å². The van der Waals surface area contributed by atoms with E-state index in [1.165, 1.54) is 24.5 Å². The maximum Gasteiger partial charge on any atom is 0.246 e. The van der Waals surface area contributed by atoms with E-state index in [4.69, 9.17) is 4.98 Å². The summed E-state index contributed by atoms with van der Waals surface area (Å²) in [5.74, 6) is 0.0383. The molecule has 9 nitrogen and oxygen atoms in total. The summed E-state index contributed by atoms with van der Waals surface area (Å²) in [6, 6.07) is 7.47. The number of rotatable bonds is 7. The fourth-order valence-corrected chi connectivity index (χ4v) is 7.27. The van der Waals surface area contributed by atoms with Crippen molar-refractivity contribution in [3.8, 4) is 11.3 Å². The third kappa shape index (κ3) is 4.85. The molecular formula is C29H35F2N7O2S. The topological polar surface area (TPSA) is 113 Å². The van der Waals surface area contributed by atoms with Crippen molar-refractivity contribution in [3.63, 3.8) is 0 Å². The molecule has 0 saturated heterocycles. The molecule has 6 rings (SSSR count). The SMILES string of the molecule is CC.CC1(C)[C@H]2CC[C@]1(c1ccnc(N3CN=C(CCCS(C)(=O)=O)N3)n1)c1nnc(-c3c(F)cccc3F)cc12. The molecule has 3 aromatic rings. The van der Waals surface area contributed by atoms with Gasteiger partial charge >= 0.3 is 0 Å². The quantitative estimate of drug-likeness (QED) is 0.416. The number of halogens is 2. The van der Waals surface area contributed by atoms with Crippen molar-refractivity contribution in [1.82, 2.24) is 25.6 Å². The summed E-state index contributed by atoms with van der Waals surface area (Å²) in [6.45, 7) is 8.69. The van der Waals surface area contributed by atoms with Gasteiger partial charge in [0.25, 0.3) is 0 Å². The van der Waals surface area contributed by atoms with Crippen LogP contribution in [0.4, 0.5) is 14.7 Å². The number of hydrazine groups is 1. The summed E-state index contributed by atoms with van der Waals surface area (Å²) in [5, 5.41) is 10.6. The number of nitrogens with one attached hydrogen (secondary N) is 1. The van der Waals surface area contributed by atoms with Gasteiger partial charge < -0.3 is 0 Å².